The maximum absolute atomic E-state index is 12.2. The molecule has 0 fully saturated rings. The second kappa shape index (κ2) is 6.03. The first-order valence-corrected chi connectivity index (χ1v) is 7.20. The molecular weight excluding hydrogens is 270 g/mol. The molecule has 1 aromatic carbocycles. The van der Waals surface area contributed by atoms with E-state index >= 15 is 0 Å². The number of aliphatic carboxylic acids is 1. The van der Waals surface area contributed by atoms with Crippen molar-refractivity contribution in [2.75, 3.05) is 7.11 Å². The Labute approximate surface area is 112 Å². The highest BCUT2D eigenvalue weighted by Gasteiger charge is 2.26. The molecule has 2 N–H and O–H groups in total. The Morgan fingerprint density at radius 2 is 2.11 bits per heavy atom. The third-order valence-electron chi connectivity index (χ3n) is 2.61. The predicted molar refractivity (Wildman–Crippen MR) is 69.8 cm³/mol. The average Bonchev–Trinajstić information content (AvgIpc) is 2.35. The van der Waals surface area contributed by atoms with Crippen molar-refractivity contribution in [3.05, 3.63) is 23.8 Å². The SMILES string of the molecule is CC[C@H](NS(=O)(=O)c1cc(C)ccc1OC)C(=O)O. The third kappa shape index (κ3) is 3.68. The third-order valence-corrected chi connectivity index (χ3v) is 4.11. The number of benzene rings is 1. The lowest BCUT2D eigenvalue weighted by atomic mass is 10.2. The van der Waals surface area contributed by atoms with Crippen LogP contribution in [-0.2, 0) is 14.8 Å². The van der Waals surface area contributed by atoms with Crippen LogP contribution in [0.4, 0.5) is 0 Å². The van der Waals surface area contributed by atoms with Gasteiger partial charge in [-0.25, -0.2) is 8.42 Å². The number of nitrogens with one attached hydrogen (secondary N) is 1. The number of carboxylic acid groups (broad SMARTS) is 1. The van der Waals surface area contributed by atoms with Gasteiger partial charge in [-0.05, 0) is 31.0 Å². The van der Waals surface area contributed by atoms with Gasteiger partial charge in [-0.3, -0.25) is 4.79 Å². The van der Waals surface area contributed by atoms with Crippen LogP contribution in [0.25, 0.3) is 0 Å². The maximum atomic E-state index is 12.2. The monoisotopic (exact) mass is 287 g/mol. The summed E-state index contributed by atoms with van der Waals surface area (Å²) in [5.74, 6) is -1.03. The number of sulfonamides is 1. The van der Waals surface area contributed by atoms with Gasteiger partial charge in [0.25, 0.3) is 0 Å². The summed E-state index contributed by atoms with van der Waals surface area (Å²) in [6, 6.07) is 3.53. The molecule has 0 spiro atoms. The van der Waals surface area contributed by atoms with Crippen molar-refractivity contribution in [1.29, 1.82) is 0 Å². The molecule has 0 heterocycles. The Hall–Kier alpha value is -1.60. The van der Waals surface area contributed by atoms with E-state index in [1.165, 1.54) is 19.2 Å². The van der Waals surface area contributed by atoms with Crippen LogP contribution in [0.1, 0.15) is 18.9 Å². The van der Waals surface area contributed by atoms with Crippen molar-refractivity contribution in [3.8, 4) is 5.75 Å². The molecule has 19 heavy (non-hydrogen) atoms. The van der Waals surface area contributed by atoms with Crippen molar-refractivity contribution in [2.24, 2.45) is 0 Å². The fourth-order valence-electron chi connectivity index (χ4n) is 1.55. The van der Waals surface area contributed by atoms with Crippen molar-refractivity contribution >= 4 is 16.0 Å². The lowest BCUT2D eigenvalue weighted by molar-refractivity contribution is -0.139. The lowest BCUT2D eigenvalue weighted by Gasteiger charge is -2.15. The van der Waals surface area contributed by atoms with Crippen LogP contribution < -0.4 is 9.46 Å². The molecule has 0 aliphatic rings. The minimum Gasteiger partial charge on any atom is -0.495 e. The molecule has 0 radical (unpaired) electrons. The van der Waals surface area contributed by atoms with E-state index in [9.17, 15) is 13.2 Å². The fourth-order valence-corrected chi connectivity index (χ4v) is 3.08. The normalized spacial score (nSPS) is 13.0. The van der Waals surface area contributed by atoms with Crippen LogP contribution in [0.3, 0.4) is 0 Å². The summed E-state index contributed by atoms with van der Waals surface area (Å²) in [6.45, 7) is 3.34. The summed E-state index contributed by atoms with van der Waals surface area (Å²) in [7, 11) is -2.58. The van der Waals surface area contributed by atoms with Crippen molar-refractivity contribution in [2.45, 2.75) is 31.2 Å². The van der Waals surface area contributed by atoms with E-state index < -0.39 is 22.0 Å². The molecule has 0 unspecified atom stereocenters. The molecule has 0 aliphatic heterocycles. The van der Waals surface area contributed by atoms with E-state index in [-0.39, 0.29) is 17.1 Å². The standard InChI is InChI=1S/C12H17NO5S/c1-4-9(12(14)15)13-19(16,17)11-7-8(2)5-6-10(11)18-3/h5-7,9,13H,4H2,1-3H3,(H,14,15)/t9-/m0/s1. The molecule has 6 nitrogen and oxygen atoms in total. The molecule has 106 valence electrons. The topological polar surface area (TPSA) is 92.7 Å². The molecule has 0 amide bonds. The van der Waals surface area contributed by atoms with Gasteiger partial charge in [0.1, 0.15) is 16.7 Å². The van der Waals surface area contributed by atoms with Gasteiger partial charge in [0.15, 0.2) is 0 Å². The van der Waals surface area contributed by atoms with Crippen LogP contribution >= 0.6 is 0 Å². The van der Waals surface area contributed by atoms with E-state index in [0.29, 0.717) is 0 Å². The Kier molecular flexibility index (Phi) is 4.90. The highest BCUT2D eigenvalue weighted by Crippen LogP contribution is 2.24. The van der Waals surface area contributed by atoms with Crippen LogP contribution in [0.5, 0.6) is 5.75 Å². The van der Waals surface area contributed by atoms with Crippen molar-refractivity contribution in [3.63, 3.8) is 0 Å². The number of rotatable bonds is 6. The summed E-state index contributed by atoms with van der Waals surface area (Å²) in [4.78, 5) is 10.8. The molecule has 0 saturated heterocycles. The van der Waals surface area contributed by atoms with Crippen molar-refractivity contribution in [1.82, 2.24) is 4.72 Å². The van der Waals surface area contributed by atoms with Crippen LogP contribution in [0.2, 0.25) is 0 Å². The van der Waals surface area contributed by atoms with E-state index in [4.69, 9.17) is 9.84 Å². The summed E-state index contributed by atoms with van der Waals surface area (Å²) in [5, 5.41) is 8.91. The van der Waals surface area contributed by atoms with Gasteiger partial charge in [0.05, 0.1) is 7.11 Å². The number of hydrogen-bond donors (Lipinski definition) is 2. The van der Waals surface area contributed by atoms with E-state index in [1.807, 2.05) is 0 Å². The maximum Gasteiger partial charge on any atom is 0.321 e. The van der Waals surface area contributed by atoms with Gasteiger partial charge in [-0.2, -0.15) is 4.72 Å². The zero-order valence-electron chi connectivity index (χ0n) is 11.0. The highest BCUT2D eigenvalue weighted by molar-refractivity contribution is 7.89. The largest absolute Gasteiger partial charge is 0.495 e. The van der Waals surface area contributed by atoms with Gasteiger partial charge >= 0.3 is 5.97 Å². The van der Waals surface area contributed by atoms with E-state index in [1.54, 1.807) is 19.9 Å². The minimum absolute atomic E-state index is 0.0605. The number of hydrogen-bond acceptors (Lipinski definition) is 4. The Balaban J connectivity index is 3.20. The lowest BCUT2D eigenvalue weighted by Crippen LogP contribution is -2.40. The molecular formula is C12H17NO5S. The molecule has 0 aliphatic carbocycles. The first-order valence-electron chi connectivity index (χ1n) is 5.71. The summed E-state index contributed by atoms with van der Waals surface area (Å²) < 4.78 is 31.5. The second-order valence-corrected chi connectivity index (χ2v) is 5.76. The average molecular weight is 287 g/mol. The first-order chi connectivity index (χ1) is 8.81. The van der Waals surface area contributed by atoms with Gasteiger partial charge in [-0.1, -0.05) is 13.0 Å². The van der Waals surface area contributed by atoms with Gasteiger partial charge < -0.3 is 9.84 Å². The van der Waals surface area contributed by atoms with E-state index in [0.717, 1.165) is 5.56 Å². The Morgan fingerprint density at radius 3 is 2.58 bits per heavy atom. The van der Waals surface area contributed by atoms with Gasteiger partial charge in [0, 0.05) is 0 Å². The Bertz CT molecular complexity index is 567. The molecule has 1 aromatic rings. The first kappa shape index (κ1) is 15.5. The smallest absolute Gasteiger partial charge is 0.321 e. The van der Waals surface area contributed by atoms with Crippen LogP contribution in [0, 0.1) is 6.92 Å². The fraction of sp³-hybridized carbons (Fsp3) is 0.417. The Morgan fingerprint density at radius 1 is 1.47 bits per heavy atom. The number of aryl methyl sites for hydroxylation is 1. The molecule has 1 atom stereocenters. The summed E-state index contributed by atoms with van der Waals surface area (Å²) in [6.07, 6.45) is 0.155. The number of carbonyl (C=O) groups is 1. The molecule has 0 aromatic heterocycles. The molecule has 7 heteroatoms. The minimum atomic E-state index is -3.94. The molecule has 0 saturated carbocycles. The molecule has 1 rings (SSSR count). The van der Waals surface area contributed by atoms with Crippen molar-refractivity contribution < 1.29 is 23.1 Å². The van der Waals surface area contributed by atoms with E-state index in [2.05, 4.69) is 4.72 Å². The number of methoxy groups -OCH3 is 1. The van der Waals surface area contributed by atoms with Gasteiger partial charge in [-0.15, -0.1) is 0 Å². The second-order valence-electron chi connectivity index (χ2n) is 4.07. The zero-order valence-corrected chi connectivity index (χ0v) is 11.8. The van der Waals surface area contributed by atoms with Crippen LogP contribution in [-0.4, -0.2) is 32.6 Å². The number of carboxylic acids is 1. The summed E-state index contributed by atoms with van der Waals surface area (Å²) in [5.41, 5.74) is 0.740. The zero-order chi connectivity index (χ0) is 14.6. The number of ether oxygens (including phenoxy) is 1. The predicted octanol–water partition coefficient (Wildman–Crippen LogP) is 1.15. The molecule has 0 bridgehead atoms. The highest BCUT2D eigenvalue weighted by atomic mass is 32.2. The van der Waals surface area contributed by atoms with Gasteiger partial charge in [0.2, 0.25) is 10.0 Å². The van der Waals surface area contributed by atoms with Crippen LogP contribution in [0.15, 0.2) is 23.1 Å². The quantitative estimate of drug-likeness (QED) is 0.818. The summed E-state index contributed by atoms with van der Waals surface area (Å²) >= 11 is 0.